The standard InChI is InChI=1S/C15H13F3N4O/c16-15(17,18)13-8-12(20-21-13)14(23)22-19-11-7-3-5-9-4-1-2-6-10(9)11/h1-2,4,6,8H,3,5,7H2,(H,20,21)(H,22,23)/b19-11+. The number of amides is 1. The first-order chi connectivity index (χ1) is 10.9. The van der Waals surface area contributed by atoms with Gasteiger partial charge in [-0.05, 0) is 24.8 Å². The van der Waals surface area contributed by atoms with E-state index in [1.165, 1.54) is 0 Å². The summed E-state index contributed by atoms with van der Waals surface area (Å²) < 4.78 is 37.4. The third kappa shape index (κ3) is 3.25. The minimum atomic E-state index is -4.57. The Morgan fingerprint density at radius 1 is 1.26 bits per heavy atom. The van der Waals surface area contributed by atoms with Crippen LogP contribution in [-0.4, -0.2) is 21.8 Å². The smallest absolute Gasteiger partial charge is 0.273 e. The largest absolute Gasteiger partial charge is 0.432 e. The molecule has 1 aliphatic rings. The first-order valence-corrected chi connectivity index (χ1v) is 7.03. The molecule has 2 N–H and O–H groups in total. The maximum absolute atomic E-state index is 12.5. The minimum absolute atomic E-state index is 0.356. The Morgan fingerprint density at radius 3 is 2.78 bits per heavy atom. The van der Waals surface area contributed by atoms with Crippen molar-refractivity contribution in [3.63, 3.8) is 0 Å². The van der Waals surface area contributed by atoms with Crippen molar-refractivity contribution in [3.8, 4) is 0 Å². The number of alkyl halides is 3. The van der Waals surface area contributed by atoms with Crippen LogP contribution in [0.15, 0.2) is 35.4 Å². The molecule has 1 amide bonds. The molecule has 23 heavy (non-hydrogen) atoms. The number of aryl methyl sites for hydroxylation is 1. The summed E-state index contributed by atoms with van der Waals surface area (Å²) in [6.45, 7) is 0. The lowest BCUT2D eigenvalue weighted by Crippen LogP contribution is -2.22. The lowest BCUT2D eigenvalue weighted by molar-refractivity contribution is -0.141. The SMILES string of the molecule is O=C(N/N=C1\CCCc2ccccc21)c1cc(C(F)(F)F)[nH]n1. The van der Waals surface area contributed by atoms with Gasteiger partial charge in [0.15, 0.2) is 5.69 Å². The van der Waals surface area contributed by atoms with E-state index in [2.05, 4.69) is 15.6 Å². The van der Waals surface area contributed by atoms with E-state index in [1.807, 2.05) is 24.3 Å². The summed E-state index contributed by atoms with van der Waals surface area (Å²) in [5.41, 5.74) is 3.66. The van der Waals surface area contributed by atoms with Crippen LogP contribution in [0, 0.1) is 0 Å². The first-order valence-electron chi connectivity index (χ1n) is 7.03. The van der Waals surface area contributed by atoms with E-state index in [-0.39, 0.29) is 5.69 Å². The zero-order chi connectivity index (χ0) is 16.4. The van der Waals surface area contributed by atoms with Gasteiger partial charge in [0.25, 0.3) is 5.91 Å². The van der Waals surface area contributed by atoms with Gasteiger partial charge in [0.2, 0.25) is 0 Å². The summed E-state index contributed by atoms with van der Waals surface area (Å²) in [6.07, 6.45) is -2.02. The van der Waals surface area contributed by atoms with Crippen molar-refractivity contribution < 1.29 is 18.0 Å². The van der Waals surface area contributed by atoms with E-state index in [9.17, 15) is 18.0 Å². The number of fused-ring (bicyclic) bond motifs is 1. The van der Waals surface area contributed by atoms with Gasteiger partial charge in [0.1, 0.15) is 5.69 Å². The number of halogens is 3. The van der Waals surface area contributed by atoms with Crippen LogP contribution in [0.2, 0.25) is 0 Å². The molecule has 5 nitrogen and oxygen atoms in total. The van der Waals surface area contributed by atoms with Crippen LogP contribution in [0.1, 0.15) is 40.2 Å². The molecule has 0 saturated heterocycles. The summed E-state index contributed by atoms with van der Waals surface area (Å²) in [5.74, 6) is -0.785. The summed E-state index contributed by atoms with van der Waals surface area (Å²) >= 11 is 0. The van der Waals surface area contributed by atoms with Crippen LogP contribution in [0.4, 0.5) is 13.2 Å². The Kier molecular flexibility index (Phi) is 3.89. The maximum atomic E-state index is 12.5. The van der Waals surface area contributed by atoms with Crippen molar-refractivity contribution in [2.75, 3.05) is 0 Å². The van der Waals surface area contributed by atoms with Crippen molar-refractivity contribution in [2.24, 2.45) is 5.10 Å². The van der Waals surface area contributed by atoms with Crippen LogP contribution < -0.4 is 5.43 Å². The second kappa shape index (κ2) is 5.86. The number of carbonyl (C=O) groups is 1. The predicted octanol–water partition coefficient (Wildman–Crippen LogP) is 2.90. The van der Waals surface area contributed by atoms with Gasteiger partial charge in [-0.15, -0.1) is 0 Å². The second-order valence-electron chi connectivity index (χ2n) is 5.17. The van der Waals surface area contributed by atoms with Gasteiger partial charge in [-0.2, -0.15) is 23.4 Å². The number of hydrazone groups is 1. The van der Waals surface area contributed by atoms with Gasteiger partial charge in [-0.3, -0.25) is 9.89 Å². The Morgan fingerprint density at radius 2 is 2.04 bits per heavy atom. The lowest BCUT2D eigenvalue weighted by atomic mass is 9.90. The number of aromatic nitrogens is 2. The number of aromatic amines is 1. The van der Waals surface area contributed by atoms with Crippen molar-refractivity contribution >= 4 is 11.6 Å². The molecule has 1 aliphatic carbocycles. The molecular formula is C15H13F3N4O. The van der Waals surface area contributed by atoms with Gasteiger partial charge >= 0.3 is 6.18 Å². The van der Waals surface area contributed by atoms with Crippen LogP contribution in [0.25, 0.3) is 0 Å². The monoisotopic (exact) mass is 322 g/mol. The fraction of sp³-hybridized carbons (Fsp3) is 0.267. The minimum Gasteiger partial charge on any atom is -0.273 e. The molecular weight excluding hydrogens is 309 g/mol. The van der Waals surface area contributed by atoms with E-state index in [4.69, 9.17) is 0 Å². The van der Waals surface area contributed by atoms with E-state index >= 15 is 0 Å². The molecule has 0 fully saturated rings. The molecule has 0 radical (unpaired) electrons. The fourth-order valence-corrected chi connectivity index (χ4v) is 2.48. The zero-order valence-corrected chi connectivity index (χ0v) is 11.9. The summed E-state index contributed by atoms with van der Waals surface area (Å²) in [4.78, 5) is 11.9. The number of rotatable bonds is 2. The molecule has 1 heterocycles. The number of nitrogens with one attached hydrogen (secondary N) is 2. The molecule has 1 aromatic heterocycles. The molecule has 3 rings (SSSR count). The third-order valence-electron chi connectivity index (χ3n) is 3.60. The molecule has 8 heteroatoms. The molecule has 0 spiro atoms. The van der Waals surface area contributed by atoms with Gasteiger partial charge in [0, 0.05) is 11.6 Å². The van der Waals surface area contributed by atoms with Gasteiger partial charge in [-0.1, -0.05) is 24.3 Å². The predicted molar refractivity (Wildman–Crippen MR) is 77.0 cm³/mol. The molecule has 0 unspecified atom stereocenters. The number of hydrogen-bond donors (Lipinski definition) is 2. The topological polar surface area (TPSA) is 70.1 Å². The number of benzene rings is 1. The summed E-state index contributed by atoms with van der Waals surface area (Å²) in [6, 6.07) is 8.38. The van der Waals surface area contributed by atoms with Crippen LogP contribution in [0.5, 0.6) is 0 Å². The van der Waals surface area contributed by atoms with E-state index in [0.717, 1.165) is 24.0 Å². The highest BCUT2D eigenvalue weighted by Crippen LogP contribution is 2.27. The molecule has 0 bridgehead atoms. The second-order valence-corrected chi connectivity index (χ2v) is 5.17. The fourth-order valence-electron chi connectivity index (χ4n) is 2.48. The Balaban J connectivity index is 1.76. The van der Waals surface area contributed by atoms with Crippen LogP contribution in [0.3, 0.4) is 0 Å². The van der Waals surface area contributed by atoms with Crippen molar-refractivity contribution in [1.82, 2.24) is 15.6 Å². The van der Waals surface area contributed by atoms with Gasteiger partial charge in [0.05, 0.1) is 5.71 Å². The number of H-pyrrole nitrogens is 1. The molecule has 120 valence electrons. The Labute approximate surface area is 129 Å². The quantitative estimate of drug-likeness (QED) is 0.835. The Hall–Kier alpha value is -2.64. The summed E-state index contributed by atoms with van der Waals surface area (Å²) in [5, 5.41) is 9.21. The van der Waals surface area contributed by atoms with E-state index < -0.39 is 17.8 Å². The van der Waals surface area contributed by atoms with E-state index in [1.54, 1.807) is 5.10 Å². The molecule has 0 aliphatic heterocycles. The number of hydrogen-bond acceptors (Lipinski definition) is 3. The number of nitrogens with zero attached hydrogens (tertiary/aromatic N) is 2. The average molecular weight is 322 g/mol. The highest BCUT2D eigenvalue weighted by atomic mass is 19.4. The highest BCUT2D eigenvalue weighted by molar-refractivity contribution is 6.03. The van der Waals surface area contributed by atoms with Crippen molar-refractivity contribution in [3.05, 3.63) is 52.8 Å². The summed E-state index contributed by atoms with van der Waals surface area (Å²) in [7, 11) is 0. The average Bonchev–Trinajstić information content (AvgIpc) is 3.03. The van der Waals surface area contributed by atoms with Crippen molar-refractivity contribution in [1.29, 1.82) is 0 Å². The molecule has 0 atom stereocenters. The molecule has 2 aromatic rings. The van der Waals surface area contributed by atoms with Gasteiger partial charge < -0.3 is 0 Å². The lowest BCUT2D eigenvalue weighted by Gasteiger charge is -2.17. The molecule has 0 saturated carbocycles. The first kappa shape index (κ1) is 15.3. The Bertz CT molecular complexity index is 764. The zero-order valence-electron chi connectivity index (χ0n) is 11.9. The van der Waals surface area contributed by atoms with Crippen LogP contribution in [-0.2, 0) is 12.6 Å². The van der Waals surface area contributed by atoms with Crippen LogP contribution >= 0.6 is 0 Å². The molecule has 1 aromatic carbocycles. The third-order valence-corrected chi connectivity index (χ3v) is 3.60. The normalized spacial score (nSPS) is 16.2. The van der Waals surface area contributed by atoms with Crippen molar-refractivity contribution in [2.45, 2.75) is 25.4 Å². The number of carbonyl (C=O) groups excluding carboxylic acids is 1. The van der Waals surface area contributed by atoms with Gasteiger partial charge in [-0.25, -0.2) is 5.43 Å². The highest BCUT2D eigenvalue weighted by Gasteiger charge is 2.33. The maximum Gasteiger partial charge on any atom is 0.432 e. The van der Waals surface area contributed by atoms with E-state index in [0.29, 0.717) is 18.2 Å².